The largest absolute Gasteiger partial charge is 0.505 e. The molecule has 0 aliphatic carbocycles. The van der Waals surface area contributed by atoms with E-state index in [9.17, 15) is 9.50 Å². The number of aromatic nitrogens is 2. The van der Waals surface area contributed by atoms with E-state index < -0.39 is 5.82 Å². The summed E-state index contributed by atoms with van der Waals surface area (Å²) >= 11 is 0. The van der Waals surface area contributed by atoms with Crippen LogP contribution in [0.25, 0.3) is 16.7 Å². The van der Waals surface area contributed by atoms with E-state index in [1.807, 2.05) is 26.0 Å². The van der Waals surface area contributed by atoms with Crippen molar-refractivity contribution in [3.8, 4) is 16.9 Å². The zero-order valence-corrected chi connectivity index (χ0v) is 20.0. The highest BCUT2D eigenvalue weighted by Crippen LogP contribution is 2.33. The number of fused-ring (bicyclic) bond motifs is 1. The first-order valence-corrected chi connectivity index (χ1v) is 12.3. The van der Waals surface area contributed by atoms with Crippen molar-refractivity contribution in [2.75, 3.05) is 19.6 Å². The molecule has 0 bridgehead atoms. The molecule has 2 aromatic carbocycles. The summed E-state index contributed by atoms with van der Waals surface area (Å²) in [4.78, 5) is 10.9. The third-order valence-electron chi connectivity index (χ3n) is 7.25. The lowest BCUT2D eigenvalue weighted by Gasteiger charge is -2.28. The van der Waals surface area contributed by atoms with Gasteiger partial charge in [-0.05, 0) is 72.7 Å². The second-order valence-corrected chi connectivity index (χ2v) is 9.61. The van der Waals surface area contributed by atoms with Gasteiger partial charge in [-0.3, -0.25) is 4.90 Å². The molecule has 0 spiro atoms. The van der Waals surface area contributed by atoms with Crippen LogP contribution >= 0.6 is 0 Å². The van der Waals surface area contributed by atoms with Crippen LogP contribution < -0.4 is 5.32 Å². The molecule has 5 nitrogen and oxygen atoms in total. The quantitative estimate of drug-likeness (QED) is 0.433. The molecule has 1 aromatic heterocycles. The average Bonchev–Trinajstić information content (AvgIpc) is 3.49. The molecule has 0 radical (unpaired) electrons. The molecule has 1 unspecified atom stereocenters. The number of imidazole rings is 1. The van der Waals surface area contributed by atoms with Crippen LogP contribution in [-0.2, 0) is 19.4 Å². The van der Waals surface area contributed by atoms with Crippen molar-refractivity contribution in [2.24, 2.45) is 0 Å². The molecule has 5 rings (SSSR count). The second kappa shape index (κ2) is 10.3. The third kappa shape index (κ3) is 5.04. The summed E-state index contributed by atoms with van der Waals surface area (Å²) < 4.78 is 14.1. The van der Waals surface area contributed by atoms with Gasteiger partial charge in [0.25, 0.3) is 0 Å². The van der Waals surface area contributed by atoms with Gasteiger partial charge in [-0.2, -0.15) is 0 Å². The predicted octanol–water partition coefficient (Wildman–Crippen LogP) is 5.60. The maximum Gasteiger partial charge on any atom is 0.165 e. The van der Waals surface area contributed by atoms with Crippen LogP contribution in [0.3, 0.4) is 0 Å². The summed E-state index contributed by atoms with van der Waals surface area (Å²) in [6.45, 7) is 12.6. The SMILES string of the molecule is C.C=C(c1nc2c([nH]1)CN(CC1CCCN1)CC2)c1ccc(-c2cc(F)c(O)cc2CC)cc1C. The molecule has 1 atom stereocenters. The van der Waals surface area contributed by atoms with E-state index in [4.69, 9.17) is 4.98 Å². The normalized spacial score (nSPS) is 17.7. The van der Waals surface area contributed by atoms with E-state index in [-0.39, 0.29) is 13.2 Å². The fraction of sp³-hybridized carbons (Fsp3) is 0.414. The third-order valence-corrected chi connectivity index (χ3v) is 7.25. The Morgan fingerprint density at radius 2 is 2.11 bits per heavy atom. The average molecular weight is 477 g/mol. The Morgan fingerprint density at radius 1 is 1.29 bits per heavy atom. The van der Waals surface area contributed by atoms with Crippen molar-refractivity contribution >= 4 is 5.57 Å². The van der Waals surface area contributed by atoms with Gasteiger partial charge in [0, 0.05) is 37.7 Å². The summed E-state index contributed by atoms with van der Waals surface area (Å²) in [5.74, 6) is -0.0777. The molecule has 0 amide bonds. The lowest BCUT2D eigenvalue weighted by atomic mass is 9.93. The molecule has 0 saturated carbocycles. The first kappa shape index (κ1) is 25.1. The number of aryl methyl sites for hydroxylation is 2. The fourth-order valence-corrected chi connectivity index (χ4v) is 5.34. The van der Waals surface area contributed by atoms with Gasteiger partial charge in [-0.15, -0.1) is 0 Å². The maximum absolute atomic E-state index is 14.1. The van der Waals surface area contributed by atoms with E-state index in [0.717, 1.165) is 77.5 Å². The summed E-state index contributed by atoms with van der Waals surface area (Å²) in [6.07, 6.45) is 4.20. The highest BCUT2D eigenvalue weighted by Gasteiger charge is 2.25. The van der Waals surface area contributed by atoms with Crippen LogP contribution in [0, 0.1) is 12.7 Å². The van der Waals surface area contributed by atoms with E-state index >= 15 is 0 Å². The summed E-state index contributed by atoms with van der Waals surface area (Å²) in [5, 5.41) is 13.3. The first-order chi connectivity index (χ1) is 16.4. The van der Waals surface area contributed by atoms with Crippen molar-refractivity contribution < 1.29 is 9.50 Å². The van der Waals surface area contributed by atoms with Crippen LogP contribution in [0.2, 0.25) is 0 Å². The van der Waals surface area contributed by atoms with Gasteiger partial charge >= 0.3 is 0 Å². The van der Waals surface area contributed by atoms with E-state index in [1.165, 1.54) is 30.7 Å². The van der Waals surface area contributed by atoms with Gasteiger partial charge in [0.1, 0.15) is 5.82 Å². The molecule has 6 heteroatoms. The van der Waals surface area contributed by atoms with Gasteiger partial charge in [-0.25, -0.2) is 9.37 Å². The van der Waals surface area contributed by atoms with Crippen molar-refractivity contribution in [2.45, 2.75) is 59.5 Å². The molecule has 3 aromatic rings. The number of hydrogen-bond donors (Lipinski definition) is 3. The minimum atomic E-state index is -0.600. The van der Waals surface area contributed by atoms with Gasteiger partial charge in [0.15, 0.2) is 11.6 Å². The minimum Gasteiger partial charge on any atom is -0.505 e. The Kier molecular flexibility index (Phi) is 7.43. The summed E-state index contributed by atoms with van der Waals surface area (Å²) in [5.41, 5.74) is 7.95. The molecular formula is C29H37FN4O. The lowest BCUT2D eigenvalue weighted by molar-refractivity contribution is 0.228. The monoisotopic (exact) mass is 476 g/mol. The van der Waals surface area contributed by atoms with Crippen molar-refractivity contribution in [1.29, 1.82) is 0 Å². The Bertz CT molecular complexity index is 1230. The summed E-state index contributed by atoms with van der Waals surface area (Å²) in [7, 11) is 0. The number of phenols is 1. The van der Waals surface area contributed by atoms with Crippen LogP contribution in [0.4, 0.5) is 4.39 Å². The van der Waals surface area contributed by atoms with Crippen molar-refractivity contribution in [3.63, 3.8) is 0 Å². The molecule has 1 saturated heterocycles. The Hall–Kier alpha value is -2.96. The summed E-state index contributed by atoms with van der Waals surface area (Å²) in [6, 6.07) is 9.64. The van der Waals surface area contributed by atoms with E-state index in [0.29, 0.717) is 12.5 Å². The minimum absolute atomic E-state index is 0. The molecule has 186 valence electrons. The Morgan fingerprint density at radius 3 is 2.83 bits per heavy atom. The van der Waals surface area contributed by atoms with Crippen molar-refractivity contribution in [3.05, 3.63) is 76.6 Å². The predicted molar refractivity (Wildman–Crippen MR) is 141 cm³/mol. The number of benzene rings is 2. The number of phenolic OH excluding ortho intramolecular Hbond substituents is 1. The van der Waals surface area contributed by atoms with Gasteiger partial charge in [-0.1, -0.05) is 39.1 Å². The van der Waals surface area contributed by atoms with Crippen LogP contribution in [0.15, 0.2) is 36.9 Å². The number of nitrogens with one attached hydrogen (secondary N) is 2. The maximum atomic E-state index is 14.1. The number of hydrogen-bond acceptors (Lipinski definition) is 4. The number of rotatable bonds is 6. The molecule has 3 N–H and O–H groups in total. The van der Waals surface area contributed by atoms with E-state index in [1.54, 1.807) is 0 Å². The number of halogens is 1. The lowest BCUT2D eigenvalue weighted by Crippen LogP contribution is -2.40. The van der Waals surface area contributed by atoms with Gasteiger partial charge in [0.2, 0.25) is 0 Å². The number of aromatic hydroxyl groups is 1. The fourth-order valence-electron chi connectivity index (χ4n) is 5.34. The van der Waals surface area contributed by atoms with Gasteiger partial charge in [0.05, 0.1) is 11.4 Å². The highest BCUT2D eigenvalue weighted by atomic mass is 19.1. The molecule has 3 heterocycles. The van der Waals surface area contributed by atoms with Crippen LogP contribution in [0.1, 0.15) is 61.1 Å². The Labute approximate surface area is 208 Å². The topological polar surface area (TPSA) is 64.2 Å². The van der Waals surface area contributed by atoms with Crippen LogP contribution in [0.5, 0.6) is 5.75 Å². The zero-order valence-electron chi connectivity index (χ0n) is 20.0. The zero-order chi connectivity index (χ0) is 23.8. The first-order valence-electron chi connectivity index (χ1n) is 12.3. The number of nitrogens with zero attached hydrogens (tertiary/aromatic N) is 2. The smallest absolute Gasteiger partial charge is 0.165 e. The van der Waals surface area contributed by atoms with E-state index in [2.05, 4.69) is 27.8 Å². The van der Waals surface area contributed by atoms with Crippen molar-refractivity contribution in [1.82, 2.24) is 20.2 Å². The molecule has 1 fully saturated rings. The Balaban J connectivity index is 0.00000289. The molecule has 35 heavy (non-hydrogen) atoms. The molecule has 2 aliphatic heterocycles. The number of H-pyrrole nitrogens is 1. The second-order valence-electron chi connectivity index (χ2n) is 9.61. The number of aromatic amines is 1. The van der Waals surface area contributed by atoms with Gasteiger partial charge < -0.3 is 15.4 Å². The highest BCUT2D eigenvalue weighted by molar-refractivity contribution is 5.79. The molecular weight excluding hydrogens is 439 g/mol. The standard InChI is InChI=1S/C28H33FN4O.CH4/c1-4-19-13-27(34)24(29)14-23(19)20-7-8-22(17(2)12-20)18(3)28-31-25-9-11-33(16-26(25)32-28)15-21-6-5-10-30-21;/h7-8,12-14,21,30,34H,3-6,9-11,15-16H2,1-2H3,(H,31,32);1H4. The molecule has 2 aliphatic rings. The van der Waals surface area contributed by atoms with Crippen LogP contribution in [-0.4, -0.2) is 45.7 Å².